The minimum Gasteiger partial charge on any atom is -0.459 e. The second kappa shape index (κ2) is 6.11. The Morgan fingerprint density at radius 3 is 2.95 bits per heavy atom. The SMILES string of the molecule is CC1CCCC(CN)N1C(C)c1cc2cc(Br)ccc2o1. The predicted molar refractivity (Wildman–Crippen MR) is 90.3 cm³/mol. The van der Waals surface area contributed by atoms with E-state index in [4.69, 9.17) is 10.2 Å². The van der Waals surface area contributed by atoms with Gasteiger partial charge in [0.1, 0.15) is 11.3 Å². The second-order valence-corrected chi connectivity index (χ2v) is 7.04. The highest BCUT2D eigenvalue weighted by atomic mass is 79.9. The lowest BCUT2D eigenvalue weighted by atomic mass is 9.94. The summed E-state index contributed by atoms with van der Waals surface area (Å²) in [4.78, 5) is 2.54. The summed E-state index contributed by atoms with van der Waals surface area (Å²) in [5.41, 5.74) is 6.94. The van der Waals surface area contributed by atoms with Crippen LogP contribution in [0.25, 0.3) is 11.0 Å². The van der Waals surface area contributed by atoms with Gasteiger partial charge in [-0.3, -0.25) is 4.90 Å². The number of halogens is 1. The van der Waals surface area contributed by atoms with Crippen LogP contribution in [0.1, 0.15) is 44.9 Å². The zero-order valence-electron chi connectivity index (χ0n) is 12.7. The molecule has 114 valence electrons. The fourth-order valence-electron chi connectivity index (χ4n) is 3.63. The van der Waals surface area contributed by atoms with Crippen LogP contribution >= 0.6 is 15.9 Å². The molecule has 1 aromatic heterocycles. The Bertz CT molecular complexity index is 624. The highest BCUT2D eigenvalue weighted by molar-refractivity contribution is 9.10. The van der Waals surface area contributed by atoms with E-state index in [0.717, 1.165) is 27.7 Å². The number of furan rings is 1. The van der Waals surface area contributed by atoms with E-state index in [1.807, 2.05) is 12.1 Å². The number of nitrogens with zero attached hydrogens (tertiary/aromatic N) is 1. The van der Waals surface area contributed by atoms with Gasteiger partial charge in [0, 0.05) is 28.5 Å². The van der Waals surface area contributed by atoms with Gasteiger partial charge in [-0.2, -0.15) is 0 Å². The van der Waals surface area contributed by atoms with E-state index in [-0.39, 0.29) is 6.04 Å². The van der Waals surface area contributed by atoms with Crippen LogP contribution < -0.4 is 5.73 Å². The van der Waals surface area contributed by atoms with E-state index < -0.39 is 0 Å². The number of hydrogen-bond donors (Lipinski definition) is 1. The van der Waals surface area contributed by atoms with E-state index in [1.165, 1.54) is 19.3 Å². The van der Waals surface area contributed by atoms with Gasteiger partial charge in [-0.05, 0) is 51.0 Å². The number of benzene rings is 1. The molecule has 2 N–H and O–H groups in total. The second-order valence-electron chi connectivity index (χ2n) is 6.12. The van der Waals surface area contributed by atoms with Crippen molar-refractivity contribution in [2.75, 3.05) is 6.54 Å². The van der Waals surface area contributed by atoms with Crippen molar-refractivity contribution in [2.45, 2.75) is 51.2 Å². The van der Waals surface area contributed by atoms with Crippen LogP contribution in [-0.4, -0.2) is 23.5 Å². The van der Waals surface area contributed by atoms with Crippen LogP contribution in [0.5, 0.6) is 0 Å². The average Bonchev–Trinajstić information content (AvgIpc) is 2.89. The Labute approximate surface area is 134 Å². The molecular formula is C17H23BrN2O. The molecule has 0 spiro atoms. The van der Waals surface area contributed by atoms with Gasteiger partial charge < -0.3 is 10.2 Å². The maximum absolute atomic E-state index is 6.08. The van der Waals surface area contributed by atoms with Crippen molar-refractivity contribution in [3.8, 4) is 0 Å². The zero-order valence-corrected chi connectivity index (χ0v) is 14.3. The Balaban J connectivity index is 1.92. The van der Waals surface area contributed by atoms with Gasteiger partial charge in [0.05, 0.1) is 6.04 Å². The molecule has 21 heavy (non-hydrogen) atoms. The largest absolute Gasteiger partial charge is 0.459 e. The number of fused-ring (bicyclic) bond motifs is 1. The molecule has 1 saturated heterocycles. The number of likely N-dealkylation sites (tertiary alicyclic amines) is 1. The van der Waals surface area contributed by atoms with Crippen molar-refractivity contribution in [3.63, 3.8) is 0 Å². The van der Waals surface area contributed by atoms with Crippen LogP contribution in [0.3, 0.4) is 0 Å². The zero-order chi connectivity index (χ0) is 15.0. The molecular weight excluding hydrogens is 328 g/mol. The van der Waals surface area contributed by atoms with E-state index in [0.29, 0.717) is 12.1 Å². The summed E-state index contributed by atoms with van der Waals surface area (Å²) in [5, 5.41) is 1.15. The summed E-state index contributed by atoms with van der Waals surface area (Å²) in [5.74, 6) is 1.04. The molecule has 0 saturated carbocycles. The molecule has 3 nitrogen and oxygen atoms in total. The van der Waals surface area contributed by atoms with Gasteiger partial charge >= 0.3 is 0 Å². The Morgan fingerprint density at radius 1 is 1.38 bits per heavy atom. The third-order valence-corrected chi connectivity index (χ3v) is 5.21. The van der Waals surface area contributed by atoms with Gasteiger partial charge in [-0.25, -0.2) is 0 Å². The van der Waals surface area contributed by atoms with E-state index in [2.05, 4.69) is 46.8 Å². The lowest BCUT2D eigenvalue weighted by molar-refractivity contribution is 0.0484. The average molecular weight is 351 g/mol. The highest BCUT2D eigenvalue weighted by Gasteiger charge is 2.32. The van der Waals surface area contributed by atoms with E-state index in [9.17, 15) is 0 Å². The predicted octanol–water partition coefficient (Wildman–Crippen LogP) is 4.46. The van der Waals surface area contributed by atoms with Crippen molar-refractivity contribution in [3.05, 3.63) is 34.5 Å². The number of piperidine rings is 1. The summed E-state index contributed by atoms with van der Waals surface area (Å²) in [7, 11) is 0. The molecule has 0 bridgehead atoms. The van der Waals surface area contributed by atoms with Crippen LogP contribution in [0.2, 0.25) is 0 Å². The van der Waals surface area contributed by atoms with Crippen LogP contribution in [-0.2, 0) is 0 Å². The van der Waals surface area contributed by atoms with Crippen LogP contribution in [0.15, 0.2) is 33.2 Å². The van der Waals surface area contributed by atoms with Crippen LogP contribution in [0, 0.1) is 0 Å². The van der Waals surface area contributed by atoms with Gasteiger partial charge in [-0.15, -0.1) is 0 Å². The fraction of sp³-hybridized carbons (Fsp3) is 0.529. The molecule has 0 radical (unpaired) electrons. The maximum atomic E-state index is 6.08. The minimum atomic E-state index is 0.264. The quantitative estimate of drug-likeness (QED) is 0.888. The monoisotopic (exact) mass is 350 g/mol. The molecule has 3 unspecified atom stereocenters. The summed E-state index contributed by atoms with van der Waals surface area (Å²) < 4.78 is 7.16. The lowest BCUT2D eigenvalue weighted by Gasteiger charge is -2.43. The Morgan fingerprint density at radius 2 is 2.19 bits per heavy atom. The first-order valence-corrected chi connectivity index (χ1v) is 8.56. The number of hydrogen-bond acceptors (Lipinski definition) is 3. The molecule has 1 aromatic carbocycles. The molecule has 4 heteroatoms. The number of nitrogens with two attached hydrogens (primary N) is 1. The van der Waals surface area contributed by atoms with Gasteiger partial charge in [-0.1, -0.05) is 22.4 Å². The van der Waals surface area contributed by atoms with Crippen molar-refractivity contribution < 1.29 is 4.42 Å². The van der Waals surface area contributed by atoms with Gasteiger partial charge in [0.2, 0.25) is 0 Å². The first-order chi connectivity index (χ1) is 10.1. The third-order valence-electron chi connectivity index (χ3n) is 4.72. The van der Waals surface area contributed by atoms with E-state index in [1.54, 1.807) is 0 Å². The van der Waals surface area contributed by atoms with Crippen molar-refractivity contribution >= 4 is 26.9 Å². The minimum absolute atomic E-state index is 0.264. The van der Waals surface area contributed by atoms with Crippen LogP contribution in [0.4, 0.5) is 0 Å². The standard InChI is InChI=1S/C17H23BrN2O/c1-11-4-3-5-15(10-19)20(11)12(2)17-9-13-8-14(18)6-7-16(13)21-17/h6-9,11-12,15H,3-5,10,19H2,1-2H3. The first-order valence-electron chi connectivity index (χ1n) is 7.76. The molecule has 0 amide bonds. The van der Waals surface area contributed by atoms with Crippen molar-refractivity contribution in [2.24, 2.45) is 5.73 Å². The number of rotatable bonds is 3. The van der Waals surface area contributed by atoms with Crippen molar-refractivity contribution in [1.29, 1.82) is 0 Å². The topological polar surface area (TPSA) is 42.4 Å². The normalized spacial score (nSPS) is 25.3. The molecule has 1 fully saturated rings. The summed E-state index contributed by atoms with van der Waals surface area (Å²) >= 11 is 3.52. The third kappa shape index (κ3) is 2.89. The highest BCUT2D eigenvalue weighted by Crippen LogP contribution is 2.35. The Kier molecular flexibility index (Phi) is 4.38. The Hall–Kier alpha value is -0.840. The lowest BCUT2D eigenvalue weighted by Crippen LogP contribution is -2.49. The summed E-state index contributed by atoms with van der Waals surface area (Å²) in [6.07, 6.45) is 3.71. The summed E-state index contributed by atoms with van der Waals surface area (Å²) in [6.45, 7) is 5.26. The molecule has 3 atom stereocenters. The molecule has 0 aliphatic carbocycles. The smallest absolute Gasteiger partial charge is 0.134 e. The molecule has 3 rings (SSSR count). The molecule has 1 aliphatic rings. The first kappa shape index (κ1) is 15.1. The fourth-order valence-corrected chi connectivity index (χ4v) is 4.01. The molecule has 2 heterocycles. The molecule has 1 aliphatic heterocycles. The van der Waals surface area contributed by atoms with E-state index >= 15 is 0 Å². The summed E-state index contributed by atoms with van der Waals surface area (Å²) in [6, 6.07) is 9.60. The van der Waals surface area contributed by atoms with Gasteiger partial charge in [0.15, 0.2) is 0 Å². The molecule has 2 aromatic rings. The van der Waals surface area contributed by atoms with Gasteiger partial charge in [0.25, 0.3) is 0 Å². The maximum Gasteiger partial charge on any atom is 0.134 e. The van der Waals surface area contributed by atoms with Crippen molar-refractivity contribution in [1.82, 2.24) is 4.90 Å².